The molecular weight excluding hydrogens is 434 g/mol. The number of carbonyl (C=O) groups is 2. The third-order valence-corrected chi connectivity index (χ3v) is 5.23. The largest absolute Gasteiger partial charge is 0.494 e. The standard InChI is InChI=1S/C26H35N3O3S/c1-3-5-7-9-18-32-23-16-14-20(15-17-23)25(31)29-26(33)28-22-12-10-11-21(19-22)27-24(30)13-8-6-4-2/h10-12,14-17,19H,3-9,13,18H2,1-2H3,(H,27,30)(H2,28,29,31,33). The second-order valence-corrected chi connectivity index (χ2v) is 8.34. The van der Waals surface area contributed by atoms with Crippen molar-refractivity contribution in [1.82, 2.24) is 5.32 Å². The molecule has 7 heteroatoms. The van der Waals surface area contributed by atoms with Crippen LogP contribution < -0.4 is 20.7 Å². The topological polar surface area (TPSA) is 79.5 Å². The molecule has 6 nitrogen and oxygen atoms in total. The van der Waals surface area contributed by atoms with E-state index in [0.717, 1.165) is 37.9 Å². The van der Waals surface area contributed by atoms with Crippen LogP contribution in [0, 0.1) is 0 Å². The molecule has 2 aromatic carbocycles. The average molecular weight is 470 g/mol. The zero-order valence-electron chi connectivity index (χ0n) is 19.6. The van der Waals surface area contributed by atoms with E-state index in [0.29, 0.717) is 30.0 Å². The first kappa shape index (κ1) is 26.3. The van der Waals surface area contributed by atoms with Crippen LogP contribution in [0.25, 0.3) is 0 Å². The van der Waals surface area contributed by atoms with E-state index in [1.54, 1.807) is 30.3 Å². The summed E-state index contributed by atoms with van der Waals surface area (Å²) in [6.07, 6.45) is 8.10. The molecule has 178 valence electrons. The SMILES string of the molecule is CCCCCCOc1ccc(C(=O)NC(=S)Nc2cccc(NC(=O)CCCCC)c2)cc1. The molecule has 0 aliphatic carbocycles. The maximum atomic E-state index is 12.5. The van der Waals surface area contributed by atoms with Crippen molar-refractivity contribution in [3.8, 4) is 5.75 Å². The minimum atomic E-state index is -0.303. The van der Waals surface area contributed by atoms with Gasteiger partial charge in [0.25, 0.3) is 5.91 Å². The van der Waals surface area contributed by atoms with Crippen LogP contribution in [-0.4, -0.2) is 23.5 Å². The van der Waals surface area contributed by atoms with Crippen LogP contribution in [-0.2, 0) is 4.79 Å². The zero-order valence-corrected chi connectivity index (χ0v) is 20.4. The van der Waals surface area contributed by atoms with Crippen molar-refractivity contribution in [3.63, 3.8) is 0 Å². The number of hydrogen-bond acceptors (Lipinski definition) is 4. The van der Waals surface area contributed by atoms with Gasteiger partial charge in [0.05, 0.1) is 6.61 Å². The van der Waals surface area contributed by atoms with Crippen LogP contribution in [0.2, 0.25) is 0 Å². The molecule has 0 saturated heterocycles. The summed E-state index contributed by atoms with van der Waals surface area (Å²) in [5, 5.41) is 8.74. The van der Waals surface area contributed by atoms with Crippen LogP contribution >= 0.6 is 12.2 Å². The van der Waals surface area contributed by atoms with E-state index in [2.05, 4.69) is 29.8 Å². The predicted octanol–water partition coefficient (Wildman–Crippen LogP) is 6.29. The summed E-state index contributed by atoms with van der Waals surface area (Å²) in [4.78, 5) is 24.5. The number of carbonyl (C=O) groups excluding carboxylic acids is 2. The predicted molar refractivity (Wildman–Crippen MR) is 139 cm³/mol. The Kier molecular flexibility index (Phi) is 12.0. The molecule has 0 aliphatic heterocycles. The highest BCUT2D eigenvalue weighted by Gasteiger charge is 2.09. The fraction of sp³-hybridized carbons (Fsp3) is 0.423. The van der Waals surface area contributed by atoms with E-state index in [1.165, 1.54) is 12.8 Å². The average Bonchev–Trinajstić information content (AvgIpc) is 2.79. The summed E-state index contributed by atoms with van der Waals surface area (Å²) >= 11 is 5.28. The van der Waals surface area contributed by atoms with Gasteiger partial charge in [-0.25, -0.2) is 0 Å². The quantitative estimate of drug-likeness (QED) is 0.237. The van der Waals surface area contributed by atoms with Gasteiger partial charge in [-0.3, -0.25) is 14.9 Å². The lowest BCUT2D eigenvalue weighted by atomic mass is 10.2. The van der Waals surface area contributed by atoms with E-state index < -0.39 is 0 Å². The Labute approximate surface area is 202 Å². The van der Waals surface area contributed by atoms with Gasteiger partial charge in [0.2, 0.25) is 5.91 Å². The number of rotatable bonds is 13. The van der Waals surface area contributed by atoms with E-state index in [4.69, 9.17) is 17.0 Å². The first-order valence-electron chi connectivity index (χ1n) is 11.8. The molecule has 0 saturated carbocycles. The van der Waals surface area contributed by atoms with Crippen LogP contribution in [0.3, 0.4) is 0 Å². The van der Waals surface area contributed by atoms with Crippen molar-refractivity contribution in [1.29, 1.82) is 0 Å². The first-order chi connectivity index (χ1) is 16.0. The molecule has 0 bridgehead atoms. The molecule has 0 spiro atoms. The molecule has 0 aliphatic rings. The number of nitrogens with one attached hydrogen (secondary N) is 3. The number of anilines is 2. The van der Waals surface area contributed by atoms with Gasteiger partial charge in [-0.05, 0) is 67.5 Å². The lowest BCUT2D eigenvalue weighted by Crippen LogP contribution is -2.34. The minimum Gasteiger partial charge on any atom is -0.494 e. The smallest absolute Gasteiger partial charge is 0.257 e. The number of amides is 2. The van der Waals surface area contributed by atoms with Gasteiger partial charge in [0, 0.05) is 23.4 Å². The van der Waals surface area contributed by atoms with Crippen LogP contribution in [0.5, 0.6) is 5.75 Å². The van der Waals surface area contributed by atoms with Gasteiger partial charge in [0.15, 0.2) is 5.11 Å². The monoisotopic (exact) mass is 469 g/mol. The van der Waals surface area contributed by atoms with Crippen molar-refractivity contribution in [3.05, 3.63) is 54.1 Å². The third-order valence-electron chi connectivity index (χ3n) is 5.02. The highest BCUT2D eigenvalue weighted by atomic mass is 32.1. The minimum absolute atomic E-state index is 0.00938. The molecule has 0 heterocycles. The van der Waals surface area contributed by atoms with E-state index >= 15 is 0 Å². The fourth-order valence-electron chi connectivity index (χ4n) is 3.19. The molecule has 0 radical (unpaired) electrons. The number of benzene rings is 2. The van der Waals surface area contributed by atoms with Gasteiger partial charge < -0.3 is 15.4 Å². The molecular formula is C26H35N3O3S. The summed E-state index contributed by atoms with van der Waals surface area (Å²) < 4.78 is 5.71. The van der Waals surface area contributed by atoms with Crippen LogP contribution in [0.15, 0.2) is 48.5 Å². The Hall–Kier alpha value is -2.93. The number of thiocarbonyl (C=S) groups is 1. The summed E-state index contributed by atoms with van der Waals surface area (Å²) in [6, 6.07) is 14.2. The highest BCUT2D eigenvalue weighted by Crippen LogP contribution is 2.16. The Morgan fingerprint density at radius 3 is 2.21 bits per heavy atom. The van der Waals surface area contributed by atoms with Crippen LogP contribution in [0.1, 0.15) is 75.6 Å². The number of unbranched alkanes of at least 4 members (excludes halogenated alkanes) is 5. The summed E-state index contributed by atoms with van der Waals surface area (Å²) in [5.74, 6) is 0.435. The molecule has 0 atom stereocenters. The summed E-state index contributed by atoms with van der Waals surface area (Å²) in [5.41, 5.74) is 1.85. The van der Waals surface area contributed by atoms with E-state index in [9.17, 15) is 9.59 Å². The molecule has 33 heavy (non-hydrogen) atoms. The van der Waals surface area contributed by atoms with Crippen LogP contribution in [0.4, 0.5) is 11.4 Å². The Bertz CT molecular complexity index is 900. The van der Waals surface area contributed by atoms with Gasteiger partial charge in [0.1, 0.15) is 5.75 Å². The second-order valence-electron chi connectivity index (χ2n) is 7.93. The van der Waals surface area contributed by atoms with Crippen molar-refractivity contribution in [2.75, 3.05) is 17.2 Å². The summed E-state index contributed by atoms with van der Waals surface area (Å²) in [7, 11) is 0. The van der Waals surface area contributed by atoms with E-state index in [-0.39, 0.29) is 16.9 Å². The number of ether oxygens (including phenoxy) is 1. The van der Waals surface area contributed by atoms with Crippen molar-refractivity contribution in [2.45, 2.75) is 65.2 Å². The Balaban J connectivity index is 1.80. The number of hydrogen-bond donors (Lipinski definition) is 3. The van der Waals surface area contributed by atoms with Crippen molar-refractivity contribution in [2.24, 2.45) is 0 Å². The maximum Gasteiger partial charge on any atom is 0.257 e. The maximum absolute atomic E-state index is 12.5. The molecule has 0 fully saturated rings. The molecule has 2 aromatic rings. The van der Waals surface area contributed by atoms with Crippen molar-refractivity contribution >= 4 is 40.5 Å². The van der Waals surface area contributed by atoms with Gasteiger partial charge in [-0.15, -0.1) is 0 Å². The fourth-order valence-corrected chi connectivity index (χ4v) is 3.40. The third kappa shape index (κ3) is 10.5. The molecule has 0 aromatic heterocycles. The lowest BCUT2D eigenvalue weighted by Gasteiger charge is -2.12. The Morgan fingerprint density at radius 1 is 0.848 bits per heavy atom. The molecule has 0 unspecified atom stereocenters. The second kappa shape index (κ2) is 15.0. The highest BCUT2D eigenvalue weighted by molar-refractivity contribution is 7.80. The first-order valence-corrected chi connectivity index (χ1v) is 12.2. The lowest BCUT2D eigenvalue weighted by molar-refractivity contribution is -0.116. The van der Waals surface area contributed by atoms with E-state index in [1.807, 2.05) is 18.2 Å². The van der Waals surface area contributed by atoms with Gasteiger partial charge >= 0.3 is 0 Å². The van der Waals surface area contributed by atoms with Gasteiger partial charge in [-0.1, -0.05) is 52.0 Å². The zero-order chi connectivity index (χ0) is 23.9. The molecule has 2 amide bonds. The summed E-state index contributed by atoms with van der Waals surface area (Å²) in [6.45, 7) is 4.96. The van der Waals surface area contributed by atoms with Gasteiger partial charge in [-0.2, -0.15) is 0 Å². The van der Waals surface area contributed by atoms with Crippen molar-refractivity contribution < 1.29 is 14.3 Å². The molecule has 3 N–H and O–H groups in total. The Morgan fingerprint density at radius 2 is 1.52 bits per heavy atom. The normalized spacial score (nSPS) is 10.4. The molecule has 2 rings (SSSR count).